The third kappa shape index (κ3) is 2.79. The zero-order valence-corrected chi connectivity index (χ0v) is 12.2. The van der Waals surface area contributed by atoms with Crippen molar-refractivity contribution in [3.8, 4) is 0 Å². The van der Waals surface area contributed by atoms with Crippen LogP contribution in [0.25, 0.3) is 0 Å². The fourth-order valence-electron chi connectivity index (χ4n) is 2.60. The Morgan fingerprint density at radius 2 is 2.33 bits per heavy atom. The van der Waals surface area contributed by atoms with Gasteiger partial charge in [-0.05, 0) is 25.0 Å². The lowest BCUT2D eigenvalue weighted by molar-refractivity contribution is 0.104. The van der Waals surface area contributed by atoms with Crippen molar-refractivity contribution in [2.75, 3.05) is 6.61 Å². The molecule has 7 heteroatoms. The Labute approximate surface area is 126 Å². The molecule has 0 amide bonds. The molecule has 2 aromatic rings. The summed E-state index contributed by atoms with van der Waals surface area (Å²) in [5.41, 5.74) is 7.63. The highest BCUT2D eigenvalue weighted by Crippen LogP contribution is 2.31. The molecular weight excluding hydrogens is 295 g/mol. The first kappa shape index (κ1) is 14.4. The fourth-order valence-corrected chi connectivity index (χ4v) is 2.82. The molecule has 1 unspecified atom stereocenters. The maximum absolute atomic E-state index is 13.9. The lowest BCUT2D eigenvalue weighted by Crippen LogP contribution is -2.13. The van der Waals surface area contributed by atoms with Gasteiger partial charge in [-0.25, -0.2) is 9.07 Å². The van der Waals surface area contributed by atoms with Crippen molar-refractivity contribution in [2.24, 2.45) is 5.73 Å². The molecule has 0 aliphatic carbocycles. The molecule has 5 nitrogen and oxygen atoms in total. The van der Waals surface area contributed by atoms with Crippen LogP contribution in [0.3, 0.4) is 0 Å². The first-order valence-electron chi connectivity index (χ1n) is 6.87. The maximum atomic E-state index is 13.9. The summed E-state index contributed by atoms with van der Waals surface area (Å²) >= 11 is 6.07. The van der Waals surface area contributed by atoms with Gasteiger partial charge >= 0.3 is 0 Å². The molecule has 21 heavy (non-hydrogen) atoms. The third-order valence-corrected chi connectivity index (χ3v) is 4.00. The molecule has 1 saturated heterocycles. The number of benzene rings is 1. The van der Waals surface area contributed by atoms with Crippen LogP contribution in [0.15, 0.2) is 18.2 Å². The molecule has 1 atom stereocenters. The Morgan fingerprint density at radius 1 is 1.48 bits per heavy atom. The molecule has 3 rings (SSSR count). The topological polar surface area (TPSA) is 66.0 Å². The molecule has 1 aromatic heterocycles. The van der Waals surface area contributed by atoms with Gasteiger partial charge in [0, 0.05) is 23.7 Å². The fraction of sp³-hybridized carbons (Fsp3) is 0.429. The summed E-state index contributed by atoms with van der Waals surface area (Å²) in [5, 5.41) is 8.54. The first-order chi connectivity index (χ1) is 10.2. The standard InChI is InChI=1S/C14H16ClFN4O/c15-10-3-1-4-11(16)9(10)8-20-14(12(7-17)18-19-20)13-5-2-6-21-13/h1,3-4,13H,2,5-8,17H2. The Morgan fingerprint density at radius 3 is 3.00 bits per heavy atom. The predicted octanol–water partition coefficient (Wildman–Crippen LogP) is 2.43. The van der Waals surface area contributed by atoms with E-state index in [1.165, 1.54) is 6.07 Å². The molecule has 0 bridgehead atoms. The smallest absolute Gasteiger partial charge is 0.129 e. The zero-order chi connectivity index (χ0) is 14.8. The average molecular weight is 311 g/mol. The van der Waals surface area contributed by atoms with Crippen molar-refractivity contribution >= 4 is 11.6 Å². The van der Waals surface area contributed by atoms with E-state index in [0.29, 0.717) is 22.9 Å². The van der Waals surface area contributed by atoms with Gasteiger partial charge in [-0.2, -0.15) is 0 Å². The number of hydrogen-bond acceptors (Lipinski definition) is 4. The van der Waals surface area contributed by atoms with Crippen molar-refractivity contribution in [2.45, 2.75) is 32.0 Å². The Balaban J connectivity index is 1.97. The maximum Gasteiger partial charge on any atom is 0.129 e. The second-order valence-corrected chi connectivity index (χ2v) is 5.39. The van der Waals surface area contributed by atoms with E-state index in [9.17, 15) is 4.39 Å². The minimum atomic E-state index is -0.356. The van der Waals surface area contributed by atoms with Crippen molar-refractivity contribution in [3.63, 3.8) is 0 Å². The molecule has 2 heterocycles. The molecule has 2 N–H and O–H groups in total. The van der Waals surface area contributed by atoms with Gasteiger partial charge in [0.1, 0.15) is 17.6 Å². The monoisotopic (exact) mass is 310 g/mol. The minimum absolute atomic E-state index is 0.0795. The van der Waals surface area contributed by atoms with E-state index < -0.39 is 0 Å². The third-order valence-electron chi connectivity index (χ3n) is 3.64. The van der Waals surface area contributed by atoms with E-state index in [2.05, 4.69) is 10.3 Å². The van der Waals surface area contributed by atoms with Crippen molar-refractivity contribution in [1.29, 1.82) is 0 Å². The molecule has 0 radical (unpaired) electrons. The molecule has 1 fully saturated rings. The number of halogens is 2. The van der Waals surface area contributed by atoms with Crippen molar-refractivity contribution < 1.29 is 9.13 Å². The lowest BCUT2D eigenvalue weighted by atomic mass is 10.1. The Hall–Kier alpha value is -1.50. The van der Waals surface area contributed by atoms with Crippen molar-refractivity contribution in [3.05, 3.63) is 46.0 Å². The van der Waals surface area contributed by atoms with Gasteiger partial charge in [0.15, 0.2) is 0 Å². The van der Waals surface area contributed by atoms with Crippen LogP contribution in [-0.2, 0) is 17.8 Å². The Kier molecular flexibility index (Phi) is 4.19. The summed E-state index contributed by atoms with van der Waals surface area (Å²) in [6, 6.07) is 4.62. The lowest BCUT2D eigenvalue weighted by Gasteiger charge is -2.14. The second-order valence-electron chi connectivity index (χ2n) is 4.99. The highest BCUT2D eigenvalue weighted by Gasteiger charge is 2.26. The van der Waals surface area contributed by atoms with Crippen LogP contribution >= 0.6 is 11.6 Å². The normalized spacial score (nSPS) is 18.3. The van der Waals surface area contributed by atoms with Gasteiger partial charge in [-0.1, -0.05) is 22.9 Å². The largest absolute Gasteiger partial charge is 0.372 e. The van der Waals surface area contributed by atoms with Crippen LogP contribution in [0.5, 0.6) is 0 Å². The Bertz CT molecular complexity index is 620. The molecule has 1 aromatic carbocycles. The molecule has 0 saturated carbocycles. The summed E-state index contributed by atoms with van der Waals surface area (Å²) in [4.78, 5) is 0. The van der Waals surface area contributed by atoms with Gasteiger partial charge in [-0.3, -0.25) is 0 Å². The number of rotatable bonds is 4. The summed E-state index contributed by atoms with van der Waals surface area (Å²) < 4.78 is 21.3. The minimum Gasteiger partial charge on any atom is -0.372 e. The first-order valence-corrected chi connectivity index (χ1v) is 7.25. The van der Waals surface area contributed by atoms with E-state index in [-0.39, 0.29) is 25.0 Å². The molecule has 1 aliphatic heterocycles. The van der Waals surface area contributed by atoms with Gasteiger partial charge in [-0.15, -0.1) is 5.10 Å². The van der Waals surface area contributed by atoms with Crippen LogP contribution in [0.2, 0.25) is 5.02 Å². The van der Waals surface area contributed by atoms with E-state index in [0.717, 1.165) is 18.5 Å². The van der Waals surface area contributed by atoms with Crippen LogP contribution < -0.4 is 5.73 Å². The second kappa shape index (κ2) is 6.09. The number of nitrogens with two attached hydrogens (primary N) is 1. The molecular formula is C14H16ClFN4O. The average Bonchev–Trinajstić information content (AvgIpc) is 3.11. The summed E-state index contributed by atoms with van der Waals surface area (Å²) in [6.07, 6.45) is 1.80. The van der Waals surface area contributed by atoms with Crippen LogP contribution in [0.1, 0.15) is 35.9 Å². The van der Waals surface area contributed by atoms with Gasteiger partial charge < -0.3 is 10.5 Å². The van der Waals surface area contributed by atoms with E-state index in [4.69, 9.17) is 22.1 Å². The van der Waals surface area contributed by atoms with Crippen molar-refractivity contribution in [1.82, 2.24) is 15.0 Å². The van der Waals surface area contributed by atoms with Crippen LogP contribution in [-0.4, -0.2) is 21.6 Å². The number of nitrogens with zero attached hydrogens (tertiary/aromatic N) is 3. The summed E-state index contributed by atoms with van der Waals surface area (Å²) in [6.45, 7) is 1.20. The van der Waals surface area contributed by atoms with E-state index in [1.54, 1.807) is 16.8 Å². The SMILES string of the molecule is NCc1nnn(Cc2c(F)cccc2Cl)c1C1CCCO1. The zero-order valence-electron chi connectivity index (χ0n) is 11.4. The van der Waals surface area contributed by atoms with Gasteiger partial charge in [0.2, 0.25) is 0 Å². The number of hydrogen-bond donors (Lipinski definition) is 1. The molecule has 0 spiro atoms. The summed E-state index contributed by atoms with van der Waals surface area (Å²) in [7, 11) is 0. The molecule has 112 valence electrons. The van der Waals surface area contributed by atoms with E-state index in [1.807, 2.05) is 0 Å². The highest BCUT2D eigenvalue weighted by atomic mass is 35.5. The van der Waals surface area contributed by atoms with Gasteiger partial charge in [0.05, 0.1) is 12.2 Å². The highest BCUT2D eigenvalue weighted by molar-refractivity contribution is 6.31. The number of aromatic nitrogens is 3. The quantitative estimate of drug-likeness (QED) is 0.942. The molecule has 1 aliphatic rings. The van der Waals surface area contributed by atoms with E-state index >= 15 is 0 Å². The predicted molar refractivity (Wildman–Crippen MR) is 76.4 cm³/mol. The van der Waals surface area contributed by atoms with Crippen LogP contribution in [0.4, 0.5) is 4.39 Å². The number of ether oxygens (including phenoxy) is 1. The van der Waals surface area contributed by atoms with Crippen LogP contribution in [0, 0.1) is 5.82 Å². The van der Waals surface area contributed by atoms with Gasteiger partial charge in [0.25, 0.3) is 0 Å². The summed E-state index contributed by atoms with van der Waals surface area (Å²) in [5.74, 6) is -0.356.